The number of carbonyl (C=O) groups is 1. The number of hydrogen-bond donors (Lipinski definition) is 1. The molecule has 1 saturated heterocycles. The number of nitrogens with zero attached hydrogens (tertiary/aromatic N) is 2. The SMILES string of the molecule is Cc1cnc(-c2cc(O[C@H]3CCOC3)cc(C(N)=O)c2C(C)c2ncc(Cl)cc2F)s1. The van der Waals surface area contributed by atoms with Crippen LogP contribution in [0.1, 0.15) is 45.8 Å². The number of nitrogens with two attached hydrogens (primary N) is 1. The first kappa shape index (κ1) is 21.7. The smallest absolute Gasteiger partial charge is 0.249 e. The zero-order valence-electron chi connectivity index (χ0n) is 17.0. The standard InChI is InChI=1S/C22H21ClFN3O3S/c1-11-8-27-22(31-11)17-7-15(30-14-3-4-29-10-14)6-16(21(25)28)19(17)12(2)20-18(24)5-13(23)9-26-20/h5-9,12,14H,3-4,10H2,1-2H3,(H2,25,28)/t12?,14-/m0/s1. The Kier molecular flexibility index (Phi) is 6.22. The van der Waals surface area contributed by atoms with Crippen molar-refractivity contribution in [2.75, 3.05) is 13.2 Å². The summed E-state index contributed by atoms with van der Waals surface area (Å²) in [6, 6.07) is 4.63. The van der Waals surface area contributed by atoms with Gasteiger partial charge in [-0.2, -0.15) is 0 Å². The third-order valence-electron chi connectivity index (χ3n) is 5.14. The molecule has 2 atom stereocenters. The Hall–Kier alpha value is -2.55. The number of aryl methyl sites for hydroxylation is 1. The molecule has 9 heteroatoms. The highest BCUT2D eigenvalue weighted by molar-refractivity contribution is 7.15. The lowest BCUT2D eigenvalue weighted by molar-refractivity contribution is 0.0998. The Morgan fingerprint density at radius 2 is 2.16 bits per heavy atom. The van der Waals surface area contributed by atoms with Crippen molar-refractivity contribution in [2.45, 2.75) is 32.3 Å². The number of hydrogen-bond acceptors (Lipinski definition) is 6. The molecule has 1 amide bonds. The highest BCUT2D eigenvalue weighted by Gasteiger charge is 2.27. The quantitative estimate of drug-likeness (QED) is 0.573. The molecule has 2 aromatic heterocycles. The van der Waals surface area contributed by atoms with Gasteiger partial charge in [-0.25, -0.2) is 9.37 Å². The van der Waals surface area contributed by atoms with Crippen LogP contribution in [-0.2, 0) is 4.74 Å². The minimum Gasteiger partial charge on any atom is -0.488 e. The second kappa shape index (κ2) is 8.90. The van der Waals surface area contributed by atoms with E-state index in [1.807, 2.05) is 13.0 Å². The number of amides is 1. The molecule has 0 spiro atoms. The molecule has 1 unspecified atom stereocenters. The second-order valence-corrected chi connectivity index (χ2v) is 9.09. The van der Waals surface area contributed by atoms with Crippen LogP contribution in [0.25, 0.3) is 10.6 Å². The van der Waals surface area contributed by atoms with Crippen LogP contribution in [0, 0.1) is 12.7 Å². The van der Waals surface area contributed by atoms with Crippen LogP contribution in [-0.4, -0.2) is 35.2 Å². The van der Waals surface area contributed by atoms with Crippen molar-refractivity contribution in [3.05, 3.63) is 63.1 Å². The van der Waals surface area contributed by atoms with Crippen molar-refractivity contribution >= 4 is 28.8 Å². The molecule has 0 aliphatic carbocycles. The number of thiazole rings is 1. The minimum absolute atomic E-state index is 0.106. The molecule has 1 aliphatic heterocycles. The molecule has 1 fully saturated rings. The van der Waals surface area contributed by atoms with Crippen LogP contribution in [0.5, 0.6) is 5.75 Å². The number of halogens is 2. The Balaban J connectivity index is 1.89. The lowest BCUT2D eigenvalue weighted by Gasteiger charge is -2.21. The molecule has 31 heavy (non-hydrogen) atoms. The summed E-state index contributed by atoms with van der Waals surface area (Å²) in [5.74, 6) is -1.28. The predicted molar refractivity (Wildman–Crippen MR) is 117 cm³/mol. The van der Waals surface area contributed by atoms with Gasteiger partial charge in [0.15, 0.2) is 0 Å². The molecule has 0 bridgehead atoms. The summed E-state index contributed by atoms with van der Waals surface area (Å²) < 4.78 is 26.1. The molecule has 3 aromatic rings. The van der Waals surface area contributed by atoms with Gasteiger partial charge in [0.1, 0.15) is 22.7 Å². The van der Waals surface area contributed by atoms with E-state index in [0.717, 1.165) is 11.3 Å². The van der Waals surface area contributed by atoms with Crippen molar-refractivity contribution in [2.24, 2.45) is 5.73 Å². The van der Waals surface area contributed by atoms with E-state index in [2.05, 4.69) is 9.97 Å². The first-order valence-electron chi connectivity index (χ1n) is 9.79. The summed E-state index contributed by atoms with van der Waals surface area (Å²) in [7, 11) is 0. The highest BCUT2D eigenvalue weighted by Crippen LogP contribution is 2.40. The van der Waals surface area contributed by atoms with Gasteiger partial charge in [0.05, 0.1) is 23.9 Å². The summed E-state index contributed by atoms with van der Waals surface area (Å²) in [5.41, 5.74) is 7.36. The number of rotatable bonds is 6. The molecule has 1 aliphatic rings. The van der Waals surface area contributed by atoms with Crippen molar-refractivity contribution in [3.8, 4) is 16.3 Å². The first-order valence-corrected chi connectivity index (χ1v) is 11.0. The molecular weight excluding hydrogens is 441 g/mol. The van der Waals surface area contributed by atoms with Crippen LogP contribution < -0.4 is 10.5 Å². The lowest BCUT2D eigenvalue weighted by atomic mass is 9.87. The van der Waals surface area contributed by atoms with Crippen LogP contribution in [0.3, 0.4) is 0 Å². The number of aromatic nitrogens is 2. The van der Waals surface area contributed by atoms with Gasteiger partial charge in [-0.15, -0.1) is 11.3 Å². The molecule has 0 saturated carbocycles. The Morgan fingerprint density at radius 1 is 1.35 bits per heavy atom. The van der Waals surface area contributed by atoms with Crippen molar-refractivity contribution in [1.82, 2.24) is 9.97 Å². The Morgan fingerprint density at radius 3 is 2.77 bits per heavy atom. The van der Waals surface area contributed by atoms with Gasteiger partial charge >= 0.3 is 0 Å². The summed E-state index contributed by atoms with van der Waals surface area (Å²) >= 11 is 7.34. The molecule has 1 aromatic carbocycles. The fourth-order valence-electron chi connectivity index (χ4n) is 3.70. The predicted octanol–water partition coefficient (Wildman–Crippen LogP) is 4.72. The third kappa shape index (κ3) is 4.56. The molecule has 162 valence electrons. The number of carbonyl (C=O) groups excluding carboxylic acids is 1. The number of primary amides is 1. The van der Waals surface area contributed by atoms with Gasteiger partial charge in [-0.05, 0) is 30.7 Å². The van der Waals surface area contributed by atoms with Crippen molar-refractivity contribution < 1.29 is 18.7 Å². The average Bonchev–Trinajstić information content (AvgIpc) is 3.38. The molecule has 6 nitrogen and oxygen atoms in total. The van der Waals surface area contributed by atoms with E-state index < -0.39 is 17.6 Å². The summed E-state index contributed by atoms with van der Waals surface area (Å²) in [5, 5.41) is 0.881. The average molecular weight is 462 g/mol. The number of benzene rings is 1. The molecule has 2 N–H and O–H groups in total. The van der Waals surface area contributed by atoms with Crippen LogP contribution in [0.15, 0.2) is 30.6 Å². The largest absolute Gasteiger partial charge is 0.488 e. The molecule has 4 rings (SSSR count). The maximum Gasteiger partial charge on any atom is 0.249 e. The fourth-order valence-corrected chi connectivity index (χ4v) is 4.64. The van der Waals surface area contributed by atoms with Gasteiger partial charge < -0.3 is 15.2 Å². The van der Waals surface area contributed by atoms with Crippen LogP contribution in [0.2, 0.25) is 5.02 Å². The van der Waals surface area contributed by atoms with Gasteiger partial charge in [0.2, 0.25) is 5.91 Å². The Labute approximate surface area is 188 Å². The van der Waals surface area contributed by atoms with Crippen LogP contribution in [0.4, 0.5) is 4.39 Å². The topological polar surface area (TPSA) is 87.3 Å². The zero-order chi connectivity index (χ0) is 22.1. The molecule has 0 radical (unpaired) electrons. The summed E-state index contributed by atoms with van der Waals surface area (Å²) in [6.07, 6.45) is 3.78. The van der Waals surface area contributed by atoms with Gasteiger partial charge in [0.25, 0.3) is 0 Å². The van der Waals surface area contributed by atoms with Crippen molar-refractivity contribution in [3.63, 3.8) is 0 Å². The molecule has 3 heterocycles. The third-order valence-corrected chi connectivity index (χ3v) is 6.29. The summed E-state index contributed by atoms with van der Waals surface area (Å²) in [4.78, 5) is 22.1. The molecular formula is C22H21ClFN3O3S. The zero-order valence-corrected chi connectivity index (χ0v) is 18.6. The number of pyridine rings is 1. The maximum absolute atomic E-state index is 14.7. The van der Waals surface area contributed by atoms with E-state index in [1.54, 1.807) is 19.2 Å². The second-order valence-electron chi connectivity index (χ2n) is 7.42. The van der Waals surface area contributed by atoms with Gasteiger partial charge in [-0.3, -0.25) is 9.78 Å². The van der Waals surface area contributed by atoms with Crippen LogP contribution >= 0.6 is 22.9 Å². The normalized spacial score (nSPS) is 17.0. The van der Waals surface area contributed by atoms with E-state index in [4.69, 9.17) is 26.8 Å². The fraction of sp³-hybridized carbons (Fsp3) is 0.318. The minimum atomic E-state index is -0.640. The van der Waals surface area contributed by atoms with E-state index in [0.29, 0.717) is 35.1 Å². The van der Waals surface area contributed by atoms with E-state index >= 15 is 0 Å². The Bertz CT molecular complexity index is 1130. The van der Waals surface area contributed by atoms with Crippen molar-refractivity contribution in [1.29, 1.82) is 0 Å². The lowest BCUT2D eigenvalue weighted by Crippen LogP contribution is -2.20. The van der Waals surface area contributed by atoms with E-state index in [9.17, 15) is 9.18 Å². The van der Waals surface area contributed by atoms with Gasteiger partial charge in [0, 0.05) is 40.7 Å². The van der Waals surface area contributed by atoms with E-state index in [-0.39, 0.29) is 22.4 Å². The van der Waals surface area contributed by atoms with Gasteiger partial charge in [-0.1, -0.05) is 18.5 Å². The first-order chi connectivity index (χ1) is 14.8. The maximum atomic E-state index is 14.7. The highest BCUT2D eigenvalue weighted by atomic mass is 35.5. The monoisotopic (exact) mass is 461 g/mol. The van der Waals surface area contributed by atoms with E-state index in [1.165, 1.54) is 23.6 Å². The summed E-state index contributed by atoms with van der Waals surface area (Å²) in [6.45, 7) is 4.82. The number of ether oxygens (including phenoxy) is 2.